The van der Waals surface area contributed by atoms with Crippen LogP contribution < -0.4 is 10.6 Å². The third kappa shape index (κ3) is 4.57. The van der Waals surface area contributed by atoms with Crippen LogP contribution in [0.2, 0.25) is 0 Å². The van der Waals surface area contributed by atoms with Crippen molar-refractivity contribution < 1.29 is 13.2 Å². The SMILES string of the molecule is CS(=O)(=O)c1cccc(C(=O)Nc2ccc([C@@H]3C[C@H]3NCC3CC3)cc2)c1. The molecule has 2 aliphatic carbocycles. The number of carbonyl (C=O) groups is 1. The van der Waals surface area contributed by atoms with Crippen molar-refractivity contribution in [3.8, 4) is 0 Å². The lowest BCUT2D eigenvalue weighted by Crippen LogP contribution is -2.20. The third-order valence-electron chi connectivity index (χ3n) is 5.28. The van der Waals surface area contributed by atoms with Crippen molar-refractivity contribution in [3.63, 3.8) is 0 Å². The molecule has 4 rings (SSSR count). The maximum Gasteiger partial charge on any atom is 0.255 e. The molecule has 2 aromatic rings. The standard InChI is InChI=1S/C21H24N2O3S/c1-27(25,26)18-4-2-3-16(11-18)21(24)23-17-9-7-15(8-10-17)19-12-20(19)22-13-14-5-6-14/h2-4,7-11,14,19-20,22H,5-6,12-13H2,1H3,(H,23,24)/t19-,20+/m0/s1. The van der Waals surface area contributed by atoms with Gasteiger partial charge in [0.05, 0.1) is 4.90 Å². The third-order valence-corrected chi connectivity index (χ3v) is 6.39. The van der Waals surface area contributed by atoms with Gasteiger partial charge in [-0.1, -0.05) is 18.2 Å². The maximum atomic E-state index is 12.4. The molecule has 0 heterocycles. The zero-order chi connectivity index (χ0) is 19.0. The number of benzene rings is 2. The van der Waals surface area contributed by atoms with Gasteiger partial charge in [-0.2, -0.15) is 0 Å². The minimum Gasteiger partial charge on any atom is -0.322 e. The van der Waals surface area contributed by atoms with Gasteiger partial charge in [0.2, 0.25) is 0 Å². The molecule has 1 amide bonds. The van der Waals surface area contributed by atoms with Gasteiger partial charge in [-0.15, -0.1) is 0 Å². The van der Waals surface area contributed by atoms with Crippen molar-refractivity contribution in [2.45, 2.75) is 36.1 Å². The van der Waals surface area contributed by atoms with E-state index in [1.807, 2.05) is 12.1 Å². The first-order chi connectivity index (χ1) is 12.9. The van der Waals surface area contributed by atoms with Gasteiger partial charge >= 0.3 is 0 Å². The summed E-state index contributed by atoms with van der Waals surface area (Å²) >= 11 is 0. The van der Waals surface area contributed by atoms with Crippen LogP contribution in [0.15, 0.2) is 53.4 Å². The summed E-state index contributed by atoms with van der Waals surface area (Å²) in [7, 11) is -3.34. The van der Waals surface area contributed by atoms with E-state index < -0.39 is 9.84 Å². The number of anilines is 1. The van der Waals surface area contributed by atoms with Crippen LogP contribution in [0.25, 0.3) is 0 Å². The first kappa shape index (κ1) is 18.2. The summed E-state index contributed by atoms with van der Waals surface area (Å²) in [5.41, 5.74) is 2.32. The Kier molecular flexibility index (Phi) is 4.78. The smallest absolute Gasteiger partial charge is 0.255 e. The van der Waals surface area contributed by atoms with Gasteiger partial charge in [0.25, 0.3) is 5.91 Å². The van der Waals surface area contributed by atoms with Crippen LogP contribution in [0.1, 0.15) is 41.1 Å². The van der Waals surface area contributed by atoms with Crippen LogP contribution in [0.4, 0.5) is 5.69 Å². The van der Waals surface area contributed by atoms with E-state index >= 15 is 0 Å². The Morgan fingerprint density at radius 2 is 1.85 bits per heavy atom. The highest BCUT2D eigenvalue weighted by Gasteiger charge is 2.38. The summed E-state index contributed by atoms with van der Waals surface area (Å²) in [6.07, 6.45) is 5.04. The zero-order valence-corrected chi connectivity index (χ0v) is 16.1. The molecular weight excluding hydrogens is 360 g/mol. The van der Waals surface area contributed by atoms with Crippen molar-refractivity contribution in [2.75, 3.05) is 18.1 Å². The van der Waals surface area contributed by atoms with Gasteiger partial charge in [0.15, 0.2) is 9.84 Å². The van der Waals surface area contributed by atoms with E-state index in [0.29, 0.717) is 23.2 Å². The van der Waals surface area contributed by atoms with Gasteiger partial charge in [-0.05, 0) is 67.6 Å². The second-order valence-electron chi connectivity index (χ2n) is 7.68. The quantitative estimate of drug-likeness (QED) is 0.769. The molecule has 27 heavy (non-hydrogen) atoms. The minimum absolute atomic E-state index is 0.143. The van der Waals surface area contributed by atoms with E-state index in [1.54, 1.807) is 12.1 Å². The molecule has 142 valence electrons. The van der Waals surface area contributed by atoms with Crippen LogP contribution in [0, 0.1) is 5.92 Å². The lowest BCUT2D eigenvalue weighted by atomic mass is 10.1. The Balaban J connectivity index is 1.36. The first-order valence-corrected chi connectivity index (χ1v) is 11.2. The first-order valence-electron chi connectivity index (χ1n) is 9.35. The van der Waals surface area contributed by atoms with E-state index in [-0.39, 0.29) is 10.8 Å². The fourth-order valence-electron chi connectivity index (χ4n) is 3.31. The van der Waals surface area contributed by atoms with Gasteiger partial charge in [0, 0.05) is 29.5 Å². The molecule has 2 N–H and O–H groups in total. The molecule has 2 atom stereocenters. The Morgan fingerprint density at radius 1 is 1.11 bits per heavy atom. The zero-order valence-electron chi connectivity index (χ0n) is 15.3. The molecule has 0 unspecified atom stereocenters. The molecule has 2 saturated carbocycles. The maximum absolute atomic E-state index is 12.4. The summed E-state index contributed by atoms with van der Waals surface area (Å²) in [4.78, 5) is 12.6. The average molecular weight is 385 g/mol. The predicted molar refractivity (Wildman–Crippen MR) is 106 cm³/mol. The number of hydrogen-bond acceptors (Lipinski definition) is 4. The molecule has 0 bridgehead atoms. The van der Waals surface area contributed by atoms with Gasteiger partial charge in [-0.25, -0.2) is 8.42 Å². The van der Waals surface area contributed by atoms with Gasteiger partial charge in [0.1, 0.15) is 0 Å². The number of sulfone groups is 1. The Bertz CT molecular complexity index is 950. The van der Waals surface area contributed by atoms with Crippen molar-refractivity contribution in [3.05, 3.63) is 59.7 Å². The Labute approximate surface area is 160 Å². The van der Waals surface area contributed by atoms with Crippen LogP contribution in [-0.4, -0.2) is 33.2 Å². The minimum atomic E-state index is -3.34. The lowest BCUT2D eigenvalue weighted by Gasteiger charge is -2.08. The second-order valence-corrected chi connectivity index (χ2v) is 9.69. The number of rotatable bonds is 7. The molecule has 2 aromatic carbocycles. The topological polar surface area (TPSA) is 75.3 Å². The summed E-state index contributed by atoms with van der Waals surface area (Å²) in [5.74, 6) is 1.15. The molecule has 5 nitrogen and oxygen atoms in total. The number of carbonyl (C=O) groups excluding carboxylic acids is 1. The molecule has 0 aliphatic heterocycles. The highest BCUT2D eigenvalue weighted by Crippen LogP contribution is 2.41. The lowest BCUT2D eigenvalue weighted by molar-refractivity contribution is 0.102. The number of hydrogen-bond donors (Lipinski definition) is 2. The van der Waals surface area contributed by atoms with Crippen LogP contribution >= 0.6 is 0 Å². The van der Waals surface area contributed by atoms with Crippen molar-refractivity contribution in [1.82, 2.24) is 5.32 Å². The van der Waals surface area contributed by atoms with E-state index in [2.05, 4.69) is 22.8 Å². The van der Waals surface area contributed by atoms with Gasteiger partial charge in [-0.3, -0.25) is 4.79 Å². The molecule has 0 spiro atoms. The largest absolute Gasteiger partial charge is 0.322 e. The van der Waals surface area contributed by atoms with E-state index in [0.717, 1.165) is 18.7 Å². The number of nitrogens with one attached hydrogen (secondary N) is 2. The summed E-state index contributed by atoms with van der Waals surface area (Å²) in [6.45, 7) is 1.14. The molecule has 0 aromatic heterocycles. The highest BCUT2D eigenvalue weighted by molar-refractivity contribution is 7.90. The highest BCUT2D eigenvalue weighted by atomic mass is 32.2. The molecule has 6 heteroatoms. The van der Waals surface area contributed by atoms with Crippen molar-refractivity contribution >= 4 is 21.4 Å². The van der Waals surface area contributed by atoms with Crippen LogP contribution in [0.3, 0.4) is 0 Å². The fraction of sp³-hybridized carbons (Fsp3) is 0.381. The van der Waals surface area contributed by atoms with Crippen molar-refractivity contribution in [2.24, 2.45) is 5.92 Å². The normalized spacial score (nSPS) is 21.7. The van der Waals surface area contributed by atoms with E-state index in [1.165, 1.54) is 37.0 Å². The van der Waals surface area contributed by atoms with Crippen LogP contribution in [-0.2, 0) is 9.84 Å². The number of amides is 1. The molecule has 2 fully saturated rings. The molecule has 2 aliphatic rings. The van der Waals surface area contributed by atoms with Gasteiger partial charge < -0.3 is 10.6 Å². The molecule has 0 saturated heterocycles. The monoisotopic (exact) mass is 384 g/mol. The van der Waals surface area contributed by atoms with E-state index in [4.69, 9.17) is 0 Å². The molecule has 0 radical (unpaired) electrons. The fourth-order valence-corrected chi connectivity index (χ4v) is 3.98. The summed E-state index contributed by atoms with van der Waals surface area (Å²) < 4.78 is 23.3. The predicted octanol–water partition coefficient (Wildman–Crippen LogP) is 3.20. The molecular formula is C21H24N2O3S. The van der Waals surface area contributed by atoms with E-state index in [9.17, 15) is 13.2 Å². The van der Waals surface area contributed by atoms with Crippen molar-refractivity contribution in [1.29, 1.82) is 0 Å². The summed E-state index contributed by atoms with van der Waals surface area (Å²) in [6, 6.07) is 14.6. The average Bonchev–Trinajstić information content (AvgIpc) is 3.54. The Hall–Kier alpha value is -2.18. The summed E-state index contributed by atoms with van der Waals surface area (Å²) in [5, 5.41) is 6.47. The second kappa shape index (κ2) is 7.09. The Morgan fingerprint density at radius 3 is 2.52 bits per heavy atom. The van der Waals surface area contributed by atoms with Crippen LogP contribution in [0.5, 0.6) is 0 Å².